The van der Waals surface area contributed by atoms with Crippen LogP contribution in [0.15, 0.2) is 0 Å². The molecule has 22 heavy (non-hydrogen) atoms. The minimum atomic E-state index is -3.88. The van der Waals surface area contributed by atoms with Gasteiger partial charge in [0.25, 0.3) is 10.1 Å². The highest BCUT2D eigenvalue weighted by Gasteiger charge is 2.09. The lowest BCUT2D eigenvalue weighted by Gasteiger charge is -1.99. The molecule has 0 bridgehead atoms. The fraction of sp³-hybridized carbons (Fsp3) is 0.833. The van der Waals surface area contributed by atoms with E-state index in [9.17, 15) is 22.5 Å². The van der Waals surface area contributed by atoms with Gasteiger partial charge in [-0.05, 0) is 10.9 Å². The lowest BCUT2D eigenvalue weighted by atomic mass is 10.1. The molecular weight excluding hydrogens is 319 g/mol. The van der Waals surface area contributed by atoms with Crippen LogP contribution < -0.4 is 11.2 Å². The molecule has 0 aromatic heterocycles. The average Bonchev–Trinajstić information content (AvgIpc) is 2.49. The Morgan fingerprint density at radius 1 is 1.14 bits per heavy atom. The SMILES string of the molecule is CCCCCCCCS(=O)(=O)OF.NC(=O)CCC(=O)NO. The van der Waals surface area contributed by atoms with Crippen LogP contribution in [0, 0.1) is 0 Å². The first-order valence-corrected chi connectivity index (χ1v) is 8.61. The van der Waals surface area contributed by atoms with Crippen LogP contribution >= 0.6 is 0 Å². The summed E-state index contributed by atoms with van der Waals surface area (Å²) in [4.78, 5) is 20.1. The molecule has 0 rings (SSSR count). The van der Waals surface area contributed by atoms with Crippen LogP contribution in [-0.4, -0.2) is 31.2 Å². The molecule has 0 saturated carbocycles. The molecule has 0 fully saturated rings. The largest absolute Gasteiger partial charge is 0.370 e. The summed E-state index contributed by atoms with van der Waals surface area (Å²) >= 11 is 0. The Hall–Kier alpha value is -1.26. The lowest BCUT2D eigenvalue weighted by molar-refractivity contribution is -0.131. The fourth-order valence-corrected chi connectivity index (χ4v) is 2.00. The van der Waals surface area contributed by atoms with E-state index >= 15 is 0 Å². The summed E-state index contributed by atoms with van der Waals surface area (Å²) in [6.45, 7) is 2.11. The summed E-state index contributed by atoms with van der Waals surface area (Å²) in [5, 5.41) is 7.90. The highest BCUT2D eigenvalue weighted by molar-refractivity contribution is 7.86. The minimum Gasteiger partial charge on any atom is -0.370 e. The van der Waals surface area contributed by atoms with Gasteiger partial charge in [-0.1, -0.05) is 43.4 Å². The maximum atomic E-state index is 11.3. The number of hydrogen-bond donors (Lipinski definition) is 3. The Kier molecular flexibility index (Phi) is 15.3. The van der Waals surface area contributed by atoms with Gasteiger partial charge in [0.2, 0.25) is 11.8 Å². The van der Waals surface area contributed by atoms with E-state index in [1.165, 1.54) is 11.9 Å². The van der Waals surface area contributed by atoms with Gasteiger partial charge < -0.3 is 5.73 Å². The van der Waals surface area contributed by atoms with Gasteiger partial charge in [0.05, 0.1) is 5.75 Å². The van der Waals surface area contributed by atoms with E-state index in [0.717, 1.165) is 25.7 Å². The molecule has 0 aromatic carbocycles. The van der Waals surface area contributed by atoms with E-state index in [-0.39, 0.29) is 18.6 Å². The Labute approximate surface area is 130 Å². The average molecular weight is 344 g/mol. The number of amides is 2. The van der Waals surface area contributed by atoms with Crippen molar-refractivity contribution in [1.82, 2.24) is 5.48 Å². The summed E-state index contributed by atoms with van der Waals surface area (Å²) in [6.07, 6.45) is 5.66. The van der Waals surface area contributed by atoms with Gasteiger partial charge in [0, 0.05) is 12.8 Å². The molecule has 0 atom stereocenters. The third-order valence-corrected chi connectivity index (χ3v) is 3.55. The lowest BCUT2D eigenvalue weighted by Crippen LogP contribution is -2.21. The summed E-state index contributed by atoms with van der Waals surface area (Å²) in [6, 6.07) is 0. The van der Waals surface area contributed by atoms with Crippen LogP contribution in [0.1, 0.15) is 58.3 Å². The topological polar surface area (TPSA) is 136 Å². The van der Waals surface area contributed by atoms with Crippen LogP contribution in [0.3, 0.4) is 0 Å². The maximum absolute atomic E-state index is 11.3. The normalized spacial score (nSPS) is 10.5. The van der Waals surface area contributed by atoms with E-state index in [1.54, 1.807) is 0 Å². The van der Waals surface area contributed by atoms with Gasteiger partial charge in [-0.25, -0.2) is 5.48 Å². The van der Waals surface area contributed by atoms with E-state index in [1.807, 2.05) is 0 Å². The van der Waals surface area contributed by atoms with E-state index < -0.39 is 21.9 Å². The third kappa shape index (κ3) is 18.7. The number of nitrogens with two attached hydrogens (primary N) is 1. The number of primary amides is 1. The van der Waals surface area contributed by atoms with Crippen LogP contribution in [0.4, 0.5) is 4.53 Å². The predicted molar refractivity (Wildman–Crippen MR) is 77.7 cm³/mol. The molecule has 10 heteroatoms. The fourth-order valence-electron chi connectivity index (χ4n) is 1.38. The molecule has 0 aliphatic heterocycles. The van der Waals surface area contributed by atoms with Crippen molar-refractivity contribution in [2.75, 3.05) is 5.75 Å². The molecule has 2 amide bonds. The van der Waals surface area contributed by atoms with E-state index in [0.29, 0.717) is 6.42 Å². The predicted octanol–water partition coefficient (Wildman–Crippen LogP) is 1.34. The molecular formula is C12H25FN2O6S. The summed E-state index contributed by atoms with van der Waals surface area (Å²) < 4.78 is 35.1. The number of hydroxylamine groups is 1. The highest BCUT2D eigenvalue weighted by atomic mass is 32.2. The van der Waals surface area contributed by atoms with Gasteiger partial charge in [0.15, 0.2) is 0 Å². The number of carbonyl (C=O) groups excluding carboxylic acids is 2. The second-order valence-corrected chi connectivity index (χ2v) is 6.24. The van der Waals surface area contributed by atoms with Crippen molar-refractivity contribution in [2.24, 2.45) is 5.73 Å². The van der Waals surface area contributed by atoms with E-state index in [2.05, 4.69) is 11.3 Å². The molecule has 0 saturated heterocycles. The Morgan fingerprint density at radius 3 is 2.14 bits per heavy atom. The number of nitrogens with one attached hydrogen (secondary N) is 1. The number of carbonyl (C=O) groups is 2. The van der Waals surface area contributed by atoms with Crippen molar-refractivity contribution < 1.29 is 32.1 Å². The molecule has 0 spiro atoms. The summed E-state index contributed by atoms with van der Waals surface area (Å²) in [7, 11) is -3.88. The van der Waals surface area contributed by atoms with Crippen LogP contribution in [-0.2, 0) is 24.1 Å². The van der Waals surface area contributed by atoms with Crippen molar-refractivity contribution in [3.63, 3.8) is 0 Å². The number of unbranched alkanes of at least 4 members (excludes halogenated alkanes) is 5. The molecule has 0 heterocycles. The zero-order valence-electron chi connectivity index (χ0n) is 12.7. The van der Waals surface area contributed by atoms with Crippen LogP contribution in [0.25, 0.3) is 0 Å². The molecule has 0 aliphatic carbocycles. The van der Waals surface area contributed by atoms with Crippen molar-refractivity contribution >= 4 is 21.9 Å². The zero-order valence-corrected chi connectivity index (χ0v) is 13.5. The maximum Gasteiger partial charge on any atom is 0.297 e. The first-order valence-electron chi connectivity index (χ1n) is 7.03. The van der Waals surface area contributed by atoms with Crippen molar-refractivity contribution in [1.29, 1.82) is 0 Å². The molecule has 4 N–H and O–H groups in total. The number of hydrogen-bond acceptors (Lipinski definition) is 6. The third-order valence-electron chi connectivity index (χ3n) is 2.57. The molecule has 8 nitrogen and oxygen atoms in total. The van der Waals surface area contributed by atoms with Crippen molar-refractivity contribution in [2.45, 2.75) is 58.3 Å². The molecule has 0 unspecified atom stereocenters. The quantitative estimate of drug-likeness (QED) is 0.294. The summed E-state index contributed by atoms with van der Waals surface area (Å²) in [5.74, 6) is -1.37. The van der Waals surface area contributed by atoms with E-state index in [4.69, 9.17) is 10.9 Å². The van der Waals surface area contributed by atoms with Gasteiger partial charge in [-0.2, -0.15) is 8.42 Å². The van der Waals surface area contributed by atoms with Gasteiger partial charge in [-0.15, -0.1) is 0 Å². The standard InChI is InChI=1S/C8H17FO3S.C4H8N2O3/c1-2-3-4-5-6-7-8-13(10,11)12-9;5-3(7)1-2-4(8)6-9/h2-8H2,1H3;9H,1-2H2,(H2,5,7)(H,6,8). The minimum absolute atomic E-state index is 0.0353. The zero-order chi connectivity index (χ0) is 17.4. The first-order chi connectivity index (χ1) is 10.3. The molecule has 132 valence electrons. The Balaban J connectivity index is 0. The Morgan fingerprint density at radius 2 is 1.68 bits per heavy atom. The highest BCUT2D eigenvalue weighted by Crippen LogP contribution is 2.07. The molecule has 0 radical (unpaired) electrons. The van der Waals surface area contributed by atoms with Crippen LogP contribution in [0.5, 0.6) is 0 Å². The second-order valence-electron chi connectivity index (χ2n) is 4.59. The number of halogens is 1. The van der Waals surface area contributed by atoms with Crippen molar-refractivity contribution in [3.05, 3.63) is 0 Å². The van der Waals surface area contributed by atoms with Gasteiger partial charge >= 0.3 is 0 Å². The second kappa shape index (κ2) is 14.7. The Bertz CT molecular complexity index is 402. The monoisotopic (exact) mass is 344 g/mol. The summed E-state index contributed by atoms with van der Waals surface area (Å²) in [5.41, 5.74) is 6.07. The first kappa shape index (κ1) is 23.0. The van der Waals surface area contributed by atoms with Crippen molar-refractivity contribution in [3.8, 4) is 0 Å². The molecule has 0 aliphatic rings. The smallest absolute Gasteiger partial charge is 0.297 e. The van der Waals surface area contributed by atoms with Gasteiger partial charge in [-0.3, -0.25) is 14.8 Å². The van der Waals surface area contributed by atoms with Crippen LogP contribution in [0.2, 0.25) is 0 Å². The molecule has 0 aromatic rings. The number of rotatable bonds is 11. The van der Waals surface area contributed by atoms with Gasteiger partial charge in [0.1, 0.15) is 0 Å².